The Morgan fingerprint density at radius 2 is 1.44 bits per heavy atom. The Labute approximate surface area is 466 Å². The first kappa shape index (κ1) is 52.7. The van der Waals surface area contributed by atoms with Crippen molar-refractivity contribution in [2.45, 2.75) is 93.3 Å². The average Bonchev–Trinajstić information content (AvgIpc) is 4.01. The third-order valence-corrected chi connectivity index (χ3v) is 17.0. The quantitative estimate of drug-likeness (QED) is 0.0642. The van der Waals surface area contributed by atoms with Gasteiger partial charge in [-0.2, -0.15) is 0 Å². The number of nitrogens with zero attached hydrogens (tertiary/aromatic N) is 4. The lowest BCUT2D eigenvalue weighted by Gasteiger charge is -2.46. The second-order valence-electron chi connectivity index (χ2n) is 21.8. The summed E-state index contributed by atoms with van der Waals surface area (Å²) >= 11 is 0. The highest BCUT2D eigenvalue weighted by Crippen LogP contribution is 2.67. The van der Waals surface area contributed by atoms with Crippen molar-refractivity contribution >= 4 is 29.5 Å². The van der Waals surface area contributed by atoms with Crippen molar-refractivity contribution in [2.24, 2.45) is 5.92 Å². The predicted octanol–water partition coefficient (Wildman–Crippen LogP) is 8.70. The van der Waals surface area contributed by atoms with E-state index in [0.29, 0.717) is 72.0 Å². The van der Waals surface area contributed by atoms with Crippen LogP contribution in [0.5, 0.6) is 17.2 Å². The minimum absolute atomic E-state index is 0.102. The fraction of sp³-hybridized carbons (Fsp3) is 0.354. The molecule has 5 aliphatic heterocycles. The van der Waals surface area contributed by atoms with Gasteiger partial charge in [-0.25, -0.2) is 9.69 Å². The van der Waals surface area contributed by atoms with E-state index in [0.717, 1.165) is 47.3 Å². The Morgan fingerprint density at radius 3 is 2.16 bits per heavy atom. The number of esters is 1. The maximum absolute atomic E-state index is 17.2. The predicted molar refractivity (Wildman–Crippen MR) is 298 cm³/mol. The molecule has 4 amide bonds. The zero-order chi connectivity index (χ0) is 55.0. The number of hydrogen-bond donors (Lipinski definition) is 3. The maximum atomic E-state index is 17.2. The van der Waals surface area contributed by atoms with Crippen LogP contribution in [0.3, 0.4) is 0 Å². The number of carbonyl (C=O) groups excluding carboxylic acids is 4. The molecule has 7 atom stereocenters. The first-order valence-corrected chi connectivity index (χ1v) is 28.0. The van der Waals surface area contributed by atoms with Crippen LogP contribution >= 0.6 is 0 Å². The van der Waals surface area contributed by atoms with E-state index in [2.05, 4.69) is 22.1 Å². The summed E-state index contributed by atoms with van der Waals surface area (Å²) < 4.78 is 24.5. The van der Waals surface area contributed by atoms with Gasteiger partial charge >= 0.3 is 12.0 Å². The van der Waals surface area contributed by atoms with E-state index < -0.39 is 71.0 Å². The SMILES string of the molecule is CC(NC(=O)N1C(=O)C2(c3cc(C#CC4(O)CCCCCC4)ccc31)C(C(=O)N1CCN(Cc3ccc4c(c3)OCO4)CC1)C1C(=O)OC(c3ccccc3)C(c3ccccc3)N1C2c1ccccc1OCCO)c1ccccc1. The van der Waals surface area contributed by atoms with Gasteiger partial charge in [0.1, 0.15) is 35.5 Å². The van der Waals surface area contributed by atoms with Crippen molar-refractivity contribution in [2.75, 3.05) is 51.1 Å². The van der Waals surface area contributed by atoms with Gasteiger partial charge in [0.05, 0.1) is 36.3 Å². The monoisotopic (exact) mass is 1080 g/mol. The fourth-order valence-electron chi connectivity index (χ4n) is 13.3. The smallest absolute Gasteiger partial charge is 0.329 e. The van der Waals surface area contributed by atoms with Gasteiger partial charge < -0.3 is 39.4 Å². The van der Waals surface area contributed by atoms with Gasteiger partial charge in [0.25, 0.3) is 0 Å². The highest BCUT2D eigenvalue weighted by molar-refractivity contribution is 6.24. The largest absolute Gasteiger partial charge is 0.491 e. The molecule has 3 saturated heterocycles. The minimum atomic E-state index is -2.08. The number of urea groups is 1. The summed E-state index contributed by atoms with van der Waals surface area (Å²) in [5.41, 5.74) is 1.40. The molecule has 80 heavy (non-hydrogen) atoms. The van der Waals surface area contributed by atoms with Gasteiger partial charge in [0.15, 0.2) is 11.5 Å². The average molecular weight is 1080 g/mol. The molecule has 6 aliphatic rings. The molecule has 0 aromatic heterocycles. The summed E-state index contributed by atoms with van der Waals surface area (Å²) in [7, 11) is 0. The summed E-state index contributed by atoms with van der Waals surface area (Å²) in [6, 6.07) is 42.2. The van der Waals surface area contributed by atoms with Gasteiger partial charge in [0.2, 0.25) is 18.6 Å². The minimum Gasteiger partial charge on any atom is -0.491 e. The molecule has 0 bridgehead atoms. The van der Waals surface area contributed by atoms with Crippen molar-refractivity contribution in [1.29, 1.82) is 0 Å². The molecule has 15 heteroatoms. The molecule has 5 heterocycles. The normalized spacial score (nSPS) is 24.5. The molecular weight excluding hydrogens is 1010 g/mol. The number of benzene rings is 6. The molecule has 410 valence electrons. The molecule has 4 fully saturated rings. The van der Waals surface area contributed by atoms with Crippen LogP contribution in [0, 0.1) is 17.8 Å². The van der Waals surface area contributed by atoms with E-state index in [4.69, 9.17) is 18.9 Å². The second kappa shape index (κ2) is 22.3. The van der Waals surface area contributed by atoms with Crippen molar-refractivity contribution in [3.05, 3.63) is 191 Å². The Balaban J connectivity index is 1.08. The summed E-state index contributed by atoms with van der Waals surface area (Å²) in [6.45, 7) is 3.63. The molecule has 1 saturated carbocycles. The highest BCUT2D eigenvalue weighted by atomic mass is 16.7. The molecular formula is C65H65N5O10. The van der Waals surface area contributed by atoms with E-state index in [-0.39, 0.29) is 38.8 Å². The number of fused-ring (bicyclic) bond motifs is 4. The third-order valence-electron chi connectivity index (χ3n) is 17.0. The lowest BCUT2D eigenvalue weighted by Crippen LogP contribution is -2.59. The number of cyclic esters (lactones) is 1. The molecule has 6 aromatic rings. The lowest BCUT2D eigenvalue weighted by molar-refractivity contribution is -0.179. The maximum Gasteiger partial charge on any atom is 0.329 e. The number of rotatable bonds is 11. The summed E-state index contributed by atoms with van der Waals surface area (Å²) in [6.07, 6.45) is 3.73. The number of para-hydroxylation sites is 1. The molecule has 15 nitrogen and oxygen atoms in total. The van der Waals surface area contributed by atoms with Crippen LogP contribution in [0.4, 0.5) is 10.5 Å². The molecule has 7 unspecified atom stereocenters. The molecule has 0 radical (unpaired) electrons. The molecule has 12 rings (SSSR count). The second-order valence-corrected chi connectivity index (χ2v) is 21.8. The molecule has 1 spiro atoms. The number of hydrogen-bond acceptors (Lipinski definition) is 12. The number of morpholine rings is 1. The van der Waals surface area contributed by atoms with Crippen LogP contribution in [-0.2, 0) is 31.1 Å². The number of nitrogens with one attached hydrogen (secondary N) is 1. The summed E-state index contributed by atoms with van der Waals surface area (Å²) in [4.78, 5) is 72.4. The van der Waals surface area contributed by atoms with Crippen LogP contribution in [0.2, 0.25) is 0 Å². The van der Waals surface area contributed by atoms with Gasteiger partial charge in [-0.05, 0) is 96.8 Å². The Bertz CT molecular complexity index is 3330. The number of amides is 4. The lowest BCUT2D eigenvalue weighted by atomic mass is 9.64. The van der Waals surface area contributed by atoms with Crippen LogP contribution in [0.15, 0.2) is 152 Å². The molecule has 3 N–H and O–H groups in total. The number of piperazine rings is 1. The van der Waals surface area contributed by atoms with Crippen molar-refractivity contribution in [3.8, 4) is 29.1 Å². The van der Waals surface area contributed by atoms with E-state index in [1.165, 1.54) is 0 Å². The number of imide groups is 1. The van der Waals surface area contributed by atoms with Crippen LogP contribution in [0.1, 0.15) is 109 Å². The van der Waals surface area contributed by atoms with Crippen molar-refractivity contribution < 1.29 is 48.3 Å². The molecule has 1 aliphatic carbocycles. The van der Waals surface area contributed by atoms with Gasteiger partial charge in [-0.1, -0.05) is 140 Å². The van der Waals surface area contributed by atoms with Gasteiger partial charge in [0, 0.05) is 43.9 Å². The number of aliphatic hydroxyl groups excluding tert-OH is 1. The zero-order valence-electron chi connectivity index (χ0n) is 44.7. The van der Waals surface area contributed by atoms with Gasteiger partial charge in [-0.3, -0.25) is 24.2 Å². The van der Waals surface area contributed by atoms with Crippen LogP contribution < -0.4 is 24.4 Å². The number of aliphatic hydroxyl groups is 2. The van der Waals surface area contributed by atoms with Crippen molar-refractivity contribution in [3.63, 3.8) is 0 Å². The number of carbonyl (C=O) groups is 4. The first-order chi connectivity index (χ1) is 39.1. The highest BCUT2D eigenvalue weighted by Gasteiger charge is 2.76. The van der Waals surface area contributed by atoms with Crippen LogP contribution in [-0.4, -0.2) is 107 Å². The van der Waals surface area contributed by atoms with Crippen molar-refractivity contribution in [1.82, 2.24) is 20.0 Å². The molecule has 6 aromatic carbocycles. The van der Waals surface area contributed by atoms with Crippen LogP contribution in [0.25, 0.3) is 0 Å². The van der Waals surface area contributed by atoms with E-state index in [1.54, 1.807) is 35.2 Å². The Hall–Kier alpha value is -8.00. The number of anilines is 1. The van der Waals surface area contributed by atoms with E-state index in [9.17, 15) is 10.2 Å². The fourth-order valence-corrected chi connectivity index (χ4v) is 13.3. The number of ether oxygens (including phenoxy) is 4. The summed E-state index contributed by atoms with van der Waals surface area (Å²) in [5, 5.41) is 25.3. The third kappa shape index (κ3) is 9.63. The summed E-state index contributed by atoms with van der Waals surface area (Å²) in [5.74, 6) is 4.82. The van der Waals surface area contributed by atoms with E-state index >= 15 is 19.2 Å². The first-order valence-electron chi connectivity index (χ1n) is 28.0. The topological polar surface area (TPSA) is 171 Å². The van der Waals surface area contributed by atoms with E-state index in [1.807, 2.05) is 133 Å². The van der Waals surface area contributed by atoms with Gasteiger partial charge in [-0.15, -0.1) is 0 Å². The standard InChI is InChI=1S/C65H65N5O10/c1-43(46-17-7-4-8-18-46)66-63(75)69-51-27-25-44(29-32-64(76)30-15-2-3-16-31-64)39-50(51)65(62(69)74)55(60(72)68-35-33-67(34-36-68)41-45-26-28-53-54(40-45)79-42-78-53)57-61(73)80-58(48-21-11-6-12-22-48)56(47-19-9-5-10-20-47)70(57)59(65)49-23-13-14-24-52(49)77-38-37-71/h4-14,17-28,39-40,43,55-59,71,76H,2-3,15-16,30-31,33-38,41-42H2,1H3,(H,66,75). The Kier molecular flexibility index (Phi) is 14.7. The Morgan fingerprint density at radius 1 is 0.762 bits per heavy atom. The zero-order valence-corrected chi connectivity index (χ0v) is 44.7.